The normalized spacial score (nSPS) is 16.5. The van der Waals surface area contributed by atoms with E-state index in [1.54, 1.807) is 50.3 Å². The van der Waals surface area contributed by atoms with E-state index in [9.17, 15) is 14.9 Å². The maximum absolute atomic E-state index is 11.7. The fourth-order valence-electron chi connectivity index (χ4n) is 2.00. The fraction of sp³-hybridized carbons (Fsp3) is 0.200. The summed E-state index contributed by atoms with van der Waals surface area (Å²) in [6, 6.07) is 6.33. The van der Waals surface area contributed by atoms with Crippen LogP contribution >= 0.6 is 0 Å². The van der Waals surface area contributed by atoms with Crippen molar-refractivity contribution in [2.75, 3.05) is 14.1 Å². The molecule has 0 aliphatic carbocycles. The summed E-state index contributed by atoms with van der Waals surface area (Å²) in [6.45, 7) is 1.57. The van der Waals surface area contributed by atoms with Gasteiger partial charge in [-0.2, -0.15) is 0 Å². The van der Waals surface area contributed by atoms with E-state index in [1.807, 2.05) is 0 Å². The summed E-state index contributed by atoms with van der Waals surface area (Å²) in [6.07, 6.45) is 3.17. The molecule has 1 heterocycles. The van der Waals surface area contributed by atoms with Crippen LogP contribution in [0.25, 0.3) is 5.57 Å². The first kappa shape index (κ1) is 15.4. The maximum atomic E-state index is 11.7. The van der Waals surface area contributed by atoms with Crippen LogP contribution in [0.1, 0.15) is 12.5 Å². The van der Waals surface area contributed by atoms with Crippen molar-refractivity contribution in [3.63, 3.8) is 0 Å². The number of hydrogen-bond acceptors (Lipinski definition) is 6. The summed E-state index contributed by atoms with van der Waals surface area (Å²) < 4.78 is 4.86. The summed E-state index contributed by atoms with van der Waals surface area (Å²) in [5.41, 5.74) is 0.979. The molecule has 0 spiro atoms. The van der Waals surface area contributed by atoms with Crippen LogP contribution in [-0.4, -0.2) is 35.8 Å². The molecule has 2 rings (SSSR count). The summed E-state index contributed by atoms with van der Waals surface area (Å²) in [4.78, 5) is 28.1. The fourth-order valence-corrected chi connectivity index (χ4v) is 2.00. The van der Waals surface area contributed by atoms with Crippen LogP contribution in [0.2, 0.25) is 0 Å². The van der Waals surface area contributed by atoms with Crippen LogP contribution in [-0.2, 0) is 9.53 Å². The standard InChI is InChI=1S/C15H15N3O4/c1-10-16-13(15(19)22-10)8-11(9-17(2)3)12-6-4-5-7-14(12)18(20)21/h4-9H,1-3H3. The van der Waals surface area contributed by atoms with Gasteiger partial charge in [0.05, 0.1) is 10.5 Å². The number of benzene rings is 1. The number of carbonyl (C=O) groups is 1. The number of nitro groups is 1. The molecular weight excluding hydrogens is 286 g/mol. The van der Waals surface area contributed by atoms with Gasteiger partial charge in [-0.1, -0.05) is 12.1 Å². The van der Waals surface area contributed by atoms with Gasteiger partial charge in [-0.05, 0) is 12.1 Å². The number of para-hydroxylation sites is 1. The third-order valence-corrected chi connectivity index (χ3v) is 2.83. The number of aliphatic imine (C=N–C) groups is 1. The van der Waals surface area contributed by atoms with Crippen molar-refractivity contribution in [2.24, 2.45) is 4.99 Å². The zero-order chi connectivity index (χ0) is 16.3. The first-order chi connectivity index (χ1) is 10.4. The highest BCUT2D eigenvalue weighted by Gasteiger charge is 2.22. The van der Waals surface area contributed by atoms with Crippen LogP contribution in [0.3, 0.4) is 0 Å². The van der Waals surface area contributed by atoms with Gasteiger partial charge in [0.15, 0.2) is 11.6 Å². The van der Waals surface area contributed by atoms with E-state index in [4.69, 9.17) is 4.74 Å². The van der Waals surface area contributed by atoms with E-state index in [-0.39, 0.29) is 17.3 Å². The summed E-state index contributed by atoms with van der Waals surface area (Å²) in [7, 11) is 3.57. The predicted octanol–water partition coefficient (Wildman–Crippen LogP) is 2.36. The zero-order valence-corrected chi connectivity index (χ0v) is 12.4. The van der Waals surface area contributed by atoms with Gasteiger partial charge >= 0.3 is 5.97 Å². The Morgan fingerprint density at radius 3 is 2.59 bits per heavy atom. The van der Waals surface area contributed by atoms with Crippen molar-refractivity contribution in [1.29, 1.82) is 0 Å². The number of esters is 1. The van der Waals surface area contributed by atoms with E-state index >= 15 is 0 Å². The Labute approximate surface area is 127 Å². The molecule has 0 radical (unpaired) electrons. The molecule has 7 heteroatoms. The lowest BCUT2D eigenvalue weighted by Gasteiger charge is -2.10. The third kappa shape index (κ3) is 3.38. The molecule has 1 aromatic rings. The monoisotopic (exact) mass is 301 g/mol. The van der Waals surface area contributed by atoms with Gasteiger partial charge in [-0.15, -0.1) is 0 Å². The highest BCUT2D eigenvalue weighted by atomic mass is 16.6. The summed E-state index contributed by atoms with van der Waals surface area (Å²) >= 11 is 0. The number of cyclic esters (lactones) is 1. The molecule has 0 fully saturated rings. The Morgan fingerprint density at radius 2 is 2.05 bits per heavy atom. The minimum absolute atomic E-state index is 0.0421. The molecule has 7 nitrogen and oxygen atoms in total. The Kier molecular flexibility index (Phi) is 4.36. The second kappa shape index (κ2) is 6.21. The molecule has 0 atom stereocenters. The number of nitrogens with zero attached hydrogens (tertiary/aromatic N) is 3. The van der Waals surface area contributed by atoms with Crippen LogP contribution in [0, 0.1) is 10.1 Å². The van der Waals surface area contributed by atoms with Crippen LogP contribution < -0.4 is 0 Å². The molecule has 0 aromatic heterocycles. The van der Waals surface area contributed by atoms with Gasteiger partial charge in [0.2, 0.25) is 0 Å². The van der Waals surface area contributed by atoms with Crippen molar-refractivity contribution >= 4 is 23.1 Å². The maximum Gasteiger partial charge on any atom is 0.363 e. The molecule has 1 aliphatic heterocycles. The lowest BCUT2D eigenvalue weighted by molar-refractivity contribution is -0.385. The van der Waals surface area contributed by atoms with Crippen molar-refractivity contribution in [3.05, 3.63) is 57.9 Å². The van der Waals surface area contributed by atoms with E-state index < -0.39 is 10.9 Å². The van der Waals surface area contributed by atoms with Crippen LogP contribution in [0.4, 0.5) is 5.69 Å². The molecule has 0 bridgehead atoms. The SMILES string of the molecule is CC1=NC(=CC(=CN(C)C)c2ccccc2[N+](=O)[O-])C(=O)O1. The lowest BCUT2D eigenvalue weighted by Crippen LogP contribution is -2.05. The number of hydrogen-bond donors (Lipinski definition) is 0. The van der Waals surface area contributed by atoms with Gasteiger partial charge in [-0.25, -0.2) is 9.79 Å². The van der Waals surface area contributed by atoms with Gasteiger partial charge in [0.1, 0.15) is 0 Å². The zero-order valence-electron chi connectivity index (χ0n) is 12.4. The van der Waals surface area contributed by atoms with Crippen LogP contribution in [0.15, 0.2) is 47.2 Å². The molecule has 0 amide bonds. The minimum atomic E-state index is -0.569. The van der Waals surface area contributed by atoms with Crippen molar-refractivity contribution in [1.82, 2.24) is 4.90 Å². The van der Waals surface area contributed by atoms with Crippen molar-refractivity contribution < 1.29 is 14.5 Å². The van der Waals surface area contributed by atoms with E-state index in [0.717, 1.165) is 0 Å². The average molecular weight is 301 g/mol. The lowest BCUT2D eigenvalue weighted by atomic mass is 10.0. The van der Waals surface area contributed by atoms with Gasteiger partial charge in [0.25, 0.3) is 5.69 Å². The second-order valence-electron chi connectivity index (χ2n) is 4.87. The van der Waals surface area contributed by atoms with E-state index in [1.165, 1.54) is 12.1 Å². The molecule has 0 saturated carbocycles. The first-order valence-corrected chi connectivity index (χ1v) is 6.49. The number of rotatable bonds is 4. The van der Waals surface area contributed by atoms with Gasteiger partial charge in [0, 0.05) is 38.9 Å². The average Bonchev–Trinajstić information content (AvgIpc) is 2.75. The Hall–Kier alpha value is -2.96. The molecule has 0 unspecified atom stereocenters. The third-order valence-electron chi connectivity index (χ3n) is 2.83. The smallest absolute Gasteiger partial charge is 0.363 e. The first-order valence-electron chi connectivity index (χ1n) is 6.49. The largest absolute Gasteiger partial charge is 0.407 e. The molecule has 114 valence electrons. The minimum Gasteiger partial charge on any atom is -0.407 e. The van der Waals surface area contributed by atoms with E-state index in [0.29, 0.717) is 11.1 Å². The Bertz CT molecular complexity index is 717. The Balaban J connectivity index is 2.57. The summed E-state index contributed by atoms with van der Waals surface area (Å²) in [5.74, 6) is -0.316. The molecule has 0 N–H and O–H groups in total. The molecular formula is C15H15N3O4. The highest BCUT2D eigenvalue weighted by Crippen LogP contribution is 2.28. The Morgan fingerprint density at radius 1 is 1.36 bits per heavy atom. The van der Waals surface area contributed by atoms with Crippen molar-refractivity contribution in [2.45, 2.75) is 6.92 Å². The molecule has 22 heavy (non-hydrogen) atoms. The van der Waals surface area contributed by atoms with Gasteiger partial charge in [-0.3, -0.25) is 10.1 Å². The predicted molar refractivity (Wildman–Crippen MR) is 82.0 cm³/mol. The van der Waals surface area contributed by atoms with Crippen molar-refractivity contribution in [3.8, 4) is 0 Å². The van der Waals surface area contributed by atoms with Crippen LogP contribution in [0.5, 0.6) is 0 Å². The van der Waals surface area contributed by atoms with E-state index in [2.05, 4.69) is 4.99 Å². The quantitative estimate of drug-likeness (QED) is 0.369. The number of carbonyl (C=O) groups excluding carboxylic acids is 1. The van der Waals surface area contributed by atoms with Gasteiger partial charge < -0.3 is 9.64 Å². The number of allylic oxidation sites excluding steroid dienone is 2. The summed E-state index contributed by atoms with van der Waals surface area (Å²) in [5, 5.41) is 11.2. The topological polar surface area (TPSA) is 85.0 Å². The molecule has 1 aromatic carbocycles. The molecule has 1 aliphatic rings. The highest BCUT2D eigenvalue weighted by molar-refractivity contribution is 6.05. The second-order valence-corrected chi connectivity index (χ2v) is 4.87. The number of ether oxygens (including phenoxy) is 1. The number of nitro benzene ring substituents is 1. The molecule has 0 saturated heterocycles.